The predicted octanol–water partition coefficient (Wildman–Crippen LogP) is 2.52. The Morgan fingerprint density at radius 2 is 1.85 bits per heavy atom. The summed E-state index contributed by atoms with van der Waals surface area (Å²) in [6.45, 7) is 1.51. The van der Waals surface area contributed by atoms with Gasteiger partial charge in [0.2, 0.25) is 0 Å². The number of hydrogen-bond acceptors (Lipinski definition) is 5. The Kier molecular flexibility index (Phi) is 5.43. The predicted molar refractivity (Wildman–Crippen MR) is 100 cm³/mol. The number of fused-ring (bicyclic) bond motifs is 1. The van der Waals surface area contributed by atoms with Gasteiger partial charge in [0.25, 0.3) is 5.91 Å². The van der Waals surface area contributed by atoms with Gasteiger partial charge < -0.3 is 20.0 Å². The van der Waals surface area contributed by atoms with E-state index in [1.807, 2.05) is 30.3 Å². The highest BCUT2D eigenvalue weighted by Crippen LogP contribution is 2.18. The Morgan fingerprint density at radius 1 is 1.12 bits per heavy atom. The second-order valence-corrected chi connectivity index (χ2v) is 6.61. The monoisotopic (exact) mass is 371 g/mol. The number of amides is 1. The van der Waals surface area contributed by atoms with Crippen LogP contribution in [0.2, 0.25) is 0 Å². The second kappa shape index (κ2) is 7.92. The normalized spacial score (nSPS) is 11.9. The Hall–Kier alpha value is -3.00. The lowest BCUT2D eigenvalue weighted by atomic mass is 10.2. The van der Waals surface area contributed by atoms with E-state index in [0.717, 1.165) is 4.90 Å². The number of carbonyl (C=O) groups excluding carboxylic acids is 2. The average Bonchev–Trinajstić information content (AvgIpc) is 3.00. The zero-order valence-electron chi connectivity index (χ0n) is 13.9. The molecule has 1 heterocycles. The van der Waals surface area contributed by atoms with Crippen LogP contribution in [0.3, 0.4) is 0 Å². The van der Waals surface area contributed by atoms with Crippen LogP contribution >= 0.6 is 11.8 Å². The van der Waals surface area contributed by atoms with Crippen LogP contribution in [0.1, 0.15) is 6.92 Å². The lowest BCUT2D eigenvalue weighted by Crippen LogP contribution is -2.30. The number of nitrogens with one attached hydrogen (secondary N) is 3. The zero-order valence-corrected chi connectivity index (χ0v) is 14.8. The third kappa shape index (κ3) is 4.54. The summed E-state index contributed by atoms with van der Waals surface area (Å²) in [5, 5.41) is 2.66. The van der Waals surface area contributed by atoms with Crippen LogP contribution in [-0.2, 0) is 14.3 Å². The van der Waals surface area contributed by atoms with Crippen molar-refractivity contribution in [2.45, 2.75) is 17.9 Å². The van der Waals surface area contributed by atoms with Gasteiger partial charge in [-0.05, 0) is 37.3 Å². The number of benzene rings is 2. The Labute approximate surface area is 153 Å². The van der Waals surface area contributed by atoms with Crippen LogP contribution in [0.5, 0.6) is 0 Å². The Bertz CT molecular complexity index is 981. The molecule has 0 fully saturated rings. The van der Waals surface area contributed by atoms with Crippen LogP contribution < -0.4 is 11.0 Å². The molecule has 7 nitrogen and oxygen atoms in total. The number of aromatic nitrogens is 2. The minimum absolute atomic E-state index is 0.123. The molecule has 1 amide bonds. The maximum absolute atomic E-state index is 12.2. The van der Waals surface area contributed by atoms with Crippen molar-refractivity contribution < 1.29 is 14.3 Å². The standard InChI is InChI=1S/C18H17N3O4S/c1-11(25-16(22)10-26-13-5-3-2-4-6-13)17(23)19-12-7-8-14-15(9-12)21-18(24)20-14/h2-9,11H,10H2,1H3,(H,19,23)(H2,20,21,24)/t11-/m1/s1. The lowest BCUT2D eigenvalue weighted by molar-refractivity contribution is -0.150. The van der Waals surface area contributed by atoms with Crippen molar-refractivity contribution >= 4 is 40.4 Å². The van der Waals surface area contributed by atoms with Crippen molar-refractivity contribution in [1.29, 1.82) is 0 Å². The first kappa shape index (κ1) is 17.8. The number of carbonyl (C=O) groups is 2. The summed E-state index contributed by atoms with van der Waals surface area (Å²) in [4.78, 5) is 41.5. The first-order valence-corrected chi connectivity index (χ1v) is 8.90. The fourth-order valence-electron chi connectivity index (χ4n) is 2.30. The number of ether oxygens (including phenoxy) is 1. The molecule has 0 saturated heterocycles. The number of imidazole rings is 1. The molecule has 3 rings (SSSR count). The van der Waals surface area contributed by atoms with Crippen LogP contribution in [-0.4, -0.2) is 33.7 Å². The Balaban J connectivity index is 1.53. The summed E-state index contributed by atoms with van der Waals surface area (Å²) >= 11 is 1.35. The number of hydrogen-bond donors (Lipinski definition) is 3. The molecule has 2 aromatic carbocycles. The molecule has 0 unspecified atom stereocenters. The van der Waals surface area contributed by atoms with E-state index in [1.54, 1.807) is 18.2 Å². The van der Waals surface area contributed by atoms with Crippen molar-refractivity contribution in [2.24, 2.45) is 0 Å². The third-order valence-electron chi connectivity index (χ3n) is 3.56. The molecule has 1 atom stereocenters. The second-order valence-electron chi connectivity index (χ2n) is 5.56. The first-order valence-electron chi connectivity index (χ1n) is 7.91. The number of esters is 1. The minimum Gasteiger partial charge on any atom is -0.452 e. The molecule has 8 heteroatoms. The summed E-state index contributed by atoms with van der Waals surface area (Å²) in [7, 11) is 0. The lowest BCUT2D eigenvalue weighted by Gasteiger charge is -2.13. The molecule has 0 saturated carbocycles. The summed E-state index contributed by atoms with van der Waals surface area (Å²) in [5.41, 5.74) is 1.41. The van der Waals surface area contributed by atoms with E-state index in [2.05, 4.69) is 15.3 Å². The quantitative estimate of drug-likeness (QED) is 0.456. The molecule has 0 spiro atoms. The molecule has 0 bridgehead atoms. The van der Waals surface area contributed by atoms with Crippen LogP contribution in [0.15, 0.2) is 58.2 Å². The molecule has 0 radical (unpaired) electrons. The molecule has 1 aromatic heterocycles. The van der Waals surface area contributed by atoms with Crippen molar-refractivity contribution in [3.8, 4) is 0 Å². The van der Waals surface area contributed by atoms with Gasteiger partial charge in [0.05, 0.1) is 16.8 Å². The van der Waals surface area contributed by atoms with E-state index >= 15 is 0 Å². The number of H-pyrrole nitrogens is 2. The highest BCUT2D eigenvalue weighted by molar-refractivity contribution is 8.00. The van der Waals surface area contributed by atoms with Gasteiger partial charge in [-0.2, -0.15) is 0 Å². The molecular formula is C18H17N3O4S. The molecule has 134 valence electrons. The number of anilines is 1. The summed E-state index contributed by atoms with van der Waals surface area (Å²) in [5.74, 6) is -0.787. The van der Waals surface area contributed by atoms with E-state index in [1.165, 1.54) is 18.7 Å². The summed E-state index contributed by atoms with van der Waals surface area (Å²) < 4.78 is 5.16. The minimum atomic E-state index is -0.931. The third-order valence-corrected chi connectivity index (χ3v) is 4.55. The maximum Gasteiger partial charge on any atom is 0.323 e. The SMILES string of the molecule is C[C@@H](OC(=O)CSc1ccccc1)C(=O)Nc1ccc2[nH]c(=O)[nH]c2c1. The van der Waals surface area contributed by atoms with Gasteiger partial charge in [-0.3, -0.25) is 9.59 Å². The molecule has 0 aliphatic carbocycles. The number of thioether (sulfide) groups is 1. The Morgan fingerprint density at radius 3 is 2.62 bits per heavy atom. The molecule has 0 aliphatic heterocycles. The fraction of sp³-hybridized carbons (Fsp3) is 0.167. The molecular weight excluding hydrogens is 354 g/mol. The van der Waals surface area contributed by atoms with Crippen LogP contribution in [0, 0.1) is 0 Å². The maximum atomic E-state index is 12.2. The van der Waals surface area contributed by atoms with Gasteiger partial charge >= 0.3 is 11.7 Å². The largest absolute Gasteiger partial charge is 0.452 e. The number of aromatic amines is 2. The van der Waals surface area contributed by atoms with Gasteiger partial charge in [-0.25, -0.2) is 4.79 Å². The van der Waals surface area contributed by atoms with E-state index in [9.17, 15) is 14.4 Å². The van der Waals surface area contributed by atoms with Crippen molar-refractivity contribution in [3.63, 3.8) is 0 Å². The topological polar surface area (TPSA) is 104 Å². The van der Waals surface area contributed by atoms with Crippen LogP contribution in [0.25, 0.3) is 11.0 Å². The summed E-state index contributed by atoms with van der Waals surface area (Å²) in [6, 6.07) is 14.4. The van der Waals surface area contributed by atoms with Crippen molar-refractivity contribution in [3.05, 3.63) is 59.0 Å². The summed E-state index contributed by atoms with van der Waals surface area (Å²) in [6.07, 6.45) is -0.931. The van der Waals surface area contributed by atoms with Crippen molar-refractivity contribution in [1.82, 2.24) is 9.97 Å². The van der Waals surface area contributed by atoms with E-state index < -0.39 is 18.0 Å². The van der Waals surface area contributed by atoms with Gasteiger partial charge in [-0.1, -0.05) is 18.2 Å². The number of rotatable bonds is 6. The highest BCUT2D eigenvalue weighted by atomic mass is 32.2. The van der Waals surface area contributed by atoms with Gasteiger partial charge in [0, 0.05) is 10.6 Å². The van der Waals surface area contributed by atoms with Crippen molar-refractivity contribution in [2.75, 3.05) is 11.1 Å². The smallest absolute Gasteiger partial charge is 0.323 e. The van der Waals surface area contributed by atoms with Gasteiger partial charge in [0.1, 0.15) is 0 Å². The molecule has 26 heavy (non-hydrogen) atoms. The molecule has 3 N–H and O–H groups in total. The van der Waals surface area contributed by atoms with E-state index in [-0.39, 0.29) is 11.4 Å². The van der Waals surface area contributed by atoms with E-state index in [4.69, 9.17) is 4.74 Å². The molecule has 0 aliphatic rings. The van der Waals surface area contributed by atoms with E-state index in [0.29, 0.717) is 16.7 Å². The zero-order chi connectivity index (χ0) is 18.5. The van der Waals surface area contributed by atoms with Gasteiger partial charge in [0.15, 0.2) is 6.10 Å². The average molecular weight is 371 g/mol. The van der Waals surface area contributed by atoms with Crippen LogP contribution in [0.4, 0.5) is 5.69 Å². The van der Waals surface area contributed by atoms with Gasteiger partial charge in [-0.15, -0.1) is 11.8 Å². The first-order chi connectivity index (χ1) is 12.5. The molecule has 3 aromatic rings. The fourth-order valence-corrected chi connectivity index (χ4v) is 3.00. The highest BCUT2D eigenvalue weighted by Gasteiger charge is 2.18.